The molecule has 2 heterocycles. The topological polar surface area (TPSA) is 78.7 Å². The second-order valence-electron chi connectivity index (χ2n) is 7.70. The number of oxazole rings is 1. The predicted molar refractivity (Wildman–Crippen MR) is 120 cm³/mol. The number of nitrogens with zero attached hydrogens (tertiary/aromatic N) is 3. The zero-order valence-corrected chi connectivity index (χ0v) is 19.0. The van der Waals surface area contributed by atoms with Crippen LogP contribution >= 0.6 is 11.8 Å². The zero-order valence-electron chi connectivity index (χ0n) is 18.2. The summed E-state index contributed by atoms with van der Waals surface area (Å²) in [4.78, 5) is 32.9. The van der Waals surface area contributed by atoms with Gasteiger partial charge in [0.25, 0.3) is 5.91 Å². The number of aromatic nitrogens is 1. The summed E-state index contributed by atoms with van der Waals surface area (Å²) in [7, 11) is 0. The summed E-state index contributed by atoms with van der Waals surface area (Å²) in [6.45, 7) is 7.14. The molecule has 1 saturated heterocycles. The minimum absolute atomic E-state index is 0.0924. The van der Waals surface area contributed by atoms with Crippen LogP contribution in [0.5, 0.6) is 0 Å². The molecule has 7 nitrogen and oxygen atoms in total. The standard InChI is InChI=1S/C22H29FN4O3S/c1-15(14-26-9-11-27(12-10-26)16(2)28)24-21(29)20-19(8-13-31-3)25-22(30-20)17-6-4-5-7-18(17)23/h4-7,15H,8-14H2,1-3H3,(H,24,29). The van der Waals surface area contributed by atoms with Crippen molar-refractivity contribution in [3.8, 4) is 11.5 Å². The number of amides is 2. The summed E-state index contributed by atoms with van der Waals surface area (Å²) in [5, 5.41) is 2.98. The molecule has 0 spiro atoms. The number of carbonyl (C=O) groups is 2. The molecule has 2 aromatic rings. The van der Waals surface area contributed by atoms with Gasteiger partial charge in [-0.15, -0.1) is 0 Å². The van der Waals surface area contributed by atoms with E-state index >= 15 is 0 Å². The number of thioether (sulfide) groups is 1. The van der Waals surface area contributed by atoms with E-state index in [0.717, 1.165) is 18.8 Å². The van der Waals surface area contributed by atoms with Crippen molar-refractivity contribution in [1.29, 1.82) is 0 Å². The first-order chi connectivity index (χ1) is 14.9. The van der Waals surface area contributed by atoms with E-state index in [0.29, 0.717) is 31.7 Å². The quantitative estimate of drug-likeness (QED) is 0.669. The molecular formula is C22H29FN4O3S. The lowest BCUT2D eigenvalue weighted by Gasteiger charge is -2.35. The fourth-order valence-electron chi connectivity index (χ4n) is 3.61. The van der Waals surface area contributed by atoms with Gasteiger partial charge in [-0.3, -0.25) is 14.5 Å². The average molecular weight is 449 g/mol. The van der Waals surface area contributed by atoms with Crippen molar-refractivity contribution in [1.82, 2.24) is 20.1 Å². The monoisotopic (exact) mass is 448 g/mol. The van der Waals surface area contributed by atoms with E-state index < -0.39 is 5.82 Å². The van der Waals surface area contributed by atoms with Gasteiger partial charge >= 0.3 is 0 Å². The second-order valence-corrected chi connectivity index (χ2v) is 8.68. The van der Waals surface area contributed by atoms with Gasteiger partial charge in [-0.2, -0.15) is 11.8 Å². The lowest BCUT2D eigenvalue weighted by molar-refractivity contribution is -0.130. The van der Waals surface area contributed by atoms with Crippen LogP contribution in [0.4, 0.5) is 4.39 Å². The summed E-state index contributed by atoms with van der Waals surface area (Å²) < 4.78 is 19.9. The summed E-state index contributed by atoms with van der Waals surface area (Å²) in [6.07, 6.45) is 2.54. The molecule has 1 atom stereocenters. The van der Waals surface area contributed by atoms with Crippen LogP contribution in [-0.4, -0.2) is 77.4 Å². The van der Waals surface area contributed by atoms with Gasteiger partial charge in [-0.1, -0.05) is 12.1 Å². The maximum atomic E-state index is 14.2. The third-order valence-electron chi connectivity index (χ3n) is 5.28. The van der Waals surface area contributed by atoms with Gasteiger partial charge < -0.3 is 14.6 Å². The summed E-state index contributed by atoms with van der Waals surface area (Å²) in [5.41, 5.74) is 0.774. The molecule has 31 heavy (non-hydrogen) atoms. The number of halogens is 1. The maximum absolute atomic E-state index is 14.2. The van der Waals surface area contributed by atoms with E-state index in [-0.39, 0.29) is 35.1 Å². The first-order valence-electron chi connectivity index (χ1n) is 10.4. The van der Waals surface area contributed by atoms with Crippen LogP contribution in [0.3, 0.4) is 0 Å². The fraction of sp³-hybridized carbons (Fsp3) is 0.500. The van der Waals surface area contributed by atoms with E-state index in [1.165, 1.54) is 6.07 Å². The highest BCUT2D eigenvalue weighted by molar-refractivity contribution is 7.98. The van der Waals surface area contributed by atoms with Gasteiger partial charge in [0.05, 0.1) is 11.3 Å². The fourth-order valence-corrected chi connectivity index (χ4v) is 4.01. The van der Waals surface area contributed by atoms with Crippen LogP contribution in [0.15, 0.2) is 28.7 Å². The molecule has 0 radical (unpaired) electrons. The number of rotatable bonds is 8. The van der Waals surface area contributed by atoms with Crippen molar-refractivity contribution < 1.29 is 18.4 Å². The molecule has 168 valence electrons. The van der Waals surface area contributed by atoms with E-state index in [9.17, 15) is 14.0 Å². The second kappa shape index (κ2) is 10.8. The predicted octanol–water partition coefficient (Wildman–Crippen LogP) is 2.67. The Hall–Kier alpha value is -2.39. The van der Waals surface area contributed by atoms with Crippen LogP contribution in [0.2, 0.25) is 0 Å². The first kappa shape index (κ1) is 23.3. The van der Waals surface area contributed by atoms with Gasteiger partial charge in [0.15, 0.2) is 0 Å². The molecule has 9 heteroatoms. The van der Waals surface area contributed by atoms with Crippen molar-refractivity contribution in [3.05, 3.63) is 41.5 Å². The third-order valence-corrected chi connectivity index (χ3v) is 5.89. The summed E-state index contributed by atoms with van der Waals surface area (Å²) in [6, 6.07) is 6.12. The first-order valence-corrected chi connectivity index (χ1v) is 11.8. The van der Waals surface area contributed by atoms with Gasteiger partial charge in [-0.25, -0.2) is 9.37 Å². The molecule has 1 N–H and O–H groups in total. The van der Waals surface area contributed by atoms with Crippen molar-refractivity contribution in [3.63, 3.8) is 0 Å². The van der Waals surface area contributed by atoms with Gasteiger partial charge in [-0.05, 0) is 31.1 Å². The maximum Gasteiger partial charge on any atom is 0.289 e. The molecule has 3 rings (SSSR count). The van der Waals surface area contributed by atoms with E-state index in [1.807, 2.05) is 18.1 Å². The number of hydrogen-bond donors (Lipinski definition) is 1. The minimum atomic E-state index is -0.440. The molecule has 0 bridgehead atoms. The molecule has 1 aliphatic heterocycles. The van der Waals surface area contributed by atoms with Crippen LogP contribution in [-0.2, 0) is 11.2 Å². The van der Waals surface area contributed by atoms with Crippen molar-refractivity contribution in [2.75, 3.05) is 44.7 Å². The van der Waals surface area contributed by atoms with Crippen LogP contribution in [0.25, 0.3) is 11.5 Å². The molecule has 2 amide bonds. The zero-order chi connectivity index (χ0) is 22.4. The number of carbonyl (C=O) groups excluding carboxylic acids is 2. The van der Waals surface area contributed by atoms with Gasteiger partial charge in [0.1, 0.15) is 5.82 Å². The molecule has 0 aliphatic carbocycles. The Morgan fingerprint density at radius 3 is 2.61 bits per heavy atom. The minimum Gasteiger partial charge on any atom is -0.431 e. The number of nitrogens with one attached hydrogen (secondary N) is 1. The van der Waals surface area contributed by atoms with Crippen molar-refractivity contribution >= 4 is 23.6 Å². The van der Waals surface area contributed by atoms with Gasteiger partial charge in [0.2, 0.25) is 17.6 Å². The summed E-state index contributed by atoms with van der Waals surface area (Å²) >= 11 is 1.64. The Kier molecular flexibility index (Phi) is 8.09. The Balaban J connectivity index is 1.67. The number of benzene rings is 1. The molecule has 0 saturated carbocycles. The van der Waals surface area contributed by atoms with Crippen LogP contribution < -0.4 is 5.32 Å². The normalized spacial score (nSPS) is 15.7. The van der Waals surface area contributed by atoms with Gasteiger partial charge in [0, 0.05) is 52.1 Å². The number of hydrogen-bond acceptors (Lipinski definition) is 6. The van der Waals surface area contributed by atoms with E-state index in [4.69, 9.17) is 4.42 Å². The van der Waals surface area contributed by atoms with E-state index in [2.05, 4.69) is 15.2 Å². The van der Waals surface area contributed by atoms with E-state index in [1.54, 1.807) is 36.9 Å². The highest BCUT2D eigenvalue weighted by atomic mass is 32.2. The Morgan fingerprint density at radius 2 is 1.97 bits per heavy atom. The highest BCUT2D eigenvalue weighted by Crippen LogP contribution is 2.25. The third kappa shape index (κ3) is 6.07. The Morgan fingerprint density at radius 1 is 1.26 bits per heavy atom. The molecular weight excluding hydrogens is 419 g/mol. The Bertz CT molecular complexity index is 912. The highest BCUT2D eigenvalue weighted by Gasteiger charge is 2.25. The van der Waals surface area contributed by atoms with Crippen LogP contribution in [0, 0.1) is 5.82 Å². The molecule has 1 unspecified atom stereocenters. The number of aryl methyl sites for hydroxylation is 1. The average Bonchev–Trinajstić information content (AvgIpc) is 3.17. The SMILES string of the molecule is CSCCc1nc(-c2ccccc2F)oc1C(=O)NC(C)CN1CCN(C(C)=O)CC1. The molecule has 1 aromatic carbocycles. The van der Waals surface area contributed by atoms with Crippen molar-refractivity contribution in [2.24, 2.45) is 0 Å². The molecule has 1 aliphatic rings. The van der Waals surface area contributed by atoms with Crippen LogP contribution in [0.1, 0.15) is 30.1 Å². The largest absolute Gasteiger partial charge is 0.431 e. The molecule has 1 aromatic heterocycles. The lowest BCUT2D eigenvalue weighted by Crippen LogP contribution is -2.51. The Labute approximate surface area is 186 Å². The summed E-state index contributed by atoms with van der Waals surface area (Å²) in [5.74, 6) is 0.341. The smallest absolute Gasteiger partial charge is 0.289 e. The number of piperazine rings is 1. The lowest BCUT2D eigenvalue weighted by atomic mass is 10.2. The van der Waals surface area contributed by atoms with Crippen molar-refractivity contribution in [2.45, 2.75) is 26.3 Å². The molecule has 1 fully saturated rings.